The summed E-state index contributed by atoms with van der Waals surface area (Å²) < 4.78 is 15.5. The zero-order valence-electron chi connectivity index (χ0n) is 18.6. The molecule has 32 heavy (non-hydrogen) atoms. The highest BCUT2D eigenvalue weighted by Gasteiger charge is 2.44. The van der Waals surface area contributed by atoms with Crippen LogP contribution in [0.3, 0.4) is 0 Å². The molecule has 2 aromatic rings. The van der Waals surface area contributed by atoms with Gasteiger partial charge in [0.2, 0.25) is 5.43 Å². The number of rotatable bonds is 3. The van der Waals surface area contributed by atoms with E-state index in [0.29, 0.717) is 0 Å². The second-order valence-electron chi connectivity index (χ2n) is 9.21. The van der Waals surface area contributed by atoms with Crippen molar-refractivity contribution in [3.8, 4) is 5.75 Å². The molecule has 2 N–H and O–H groups in total. The van der Waals surface area contributed by atoms with Crippen LogP contribution in [-0.2, 0) is 6.54 Å². The number of benzene rings is 1. The molecule has 2 aliphatic rings. The van der Waals surface area contributed by atoms with Crippen molar-refractivity contribution < 1.29 is 19.1 Å². The Morgan fingerprint density at radius 1 is 1.31 bits per heavy atom. The molecule has 0 aliphatic carbocycles. The molecule has 0 radical (unpaired) electrons. The van der Waals surface area contributed by atoms with E-state index in [1.54, 1.807) is 24.0 Å². The van der Waals surface area contributed by atoms with Gasteiger partial charge in [-0.15, -0.1) is 0 Å². The lowest BCUT2D eigenvalue weighted by Crippen LogP contribution is -2.60. The number of nitrogens with zero attached hydrogens (tertiary/aromatic N) is 3. The van der Waals surface area contributed by atoms with Gasteiger partial charge in [-0.25, -0.2) is 4.39 Å². The van der Waals surface area contributed by atoms with Crippen LogP contribution in [0.2, 0.25) is 0 Å². The summed E-state index contributed by atoms with van der Waals surface area (Å²) in [5.41, 5.74) is -0.802. The largest absolute Gasteiger partial charge is 0.502 e. The van der Waals surface area contributed by atoms with Gasteiger partial charge in [0.15, 0.2) is 11.4 Å². The van der Waals surface area contributed by atoms with Crippen LogP contribution in [0.1, 0.15) is 65.6 Å². The number of carbonyl (C=O) groups is 2. The Kier molecular flexibility index (Phi) is 5.22. The van der Waals surface area contributed by atoms with E-state index >= 15 is 0 Å². The monoisotopic (exact) mass is 442 g/mol. The summed E-state index contributed by atoms with van der Waals surface area (Å²) in [5.74, 6) is -2.42. The Bertz CT molecular complexity index is 1170. The lowest BCUT2D eigenvalue weighted by atomic mass is 9.95. The predicted molar refractivity (Wildman–Crippen MR) is 117 cm³/mol. The van der Waals surface area contributed by atoms with Crippen LogP contribution in [0.25, 0.3) is 0 Å². The SMILES string of the molecule is Cc1ccc(CNC(=O)c2cn3c(c(O)c2=O)C(=O)N2CN3[C@@H](C)CCC2(C)C)c(F)c1. The van der Waals surface area contributed by atoms with Gasteiger partial charge >= 0.3 is 0 Å². The van der Waals surface area contributed by atoms with E-state index in [0.717, 1.165) is 18.4 Å². The first-order valence-electron chi connectivity index (χ1n) is 10.6. The van der Waals surface area contributed by atoms with E-state index in [4.69, 9.17) is 0 Å². The standard InChI is InChI=1S/C23H27FN4O4/c1-13-5-6-15(17(24)9-13)10-25-21(31)16-11-27-18(20(30)19(16)29)22(32)26-12-28(27)14(2)7-8-23(26,3)4/h5-6,9,11,14,30H,7-8,10,12H2,1-4H3,(H,25,31)/t14-/m0/s1. The van der Waals surface area contributed by atoms with Gasteiger partial charge in [0, 0.05) is 29.9 Å². The first kappa shape index (κ1) is 21.9. The van der Waals surface area contributed by atoms with Crippen LogP contribution in [0, 0.1) is 12.7 Å². The van der Waals surface area contributed by atoms with Crippen LogP contribution >= 0.6 is 0 Å². The topological polar surface area (TPSA) is 94.9 Å². The highest BCUT2D eigenvalue weighted by Crippen LogP contribution is 2.33. The molecule has 2 amide bonds. The van der Waals surface area contributed by atoms with Crippen molar-refractivity contribution >= 4 is 11.8 Å². The highest BCUT2D eigenvalue weighted by atomic mass is 19.1. The number of halogens is 1. The average Bonchev–Trinajstić information content (AvgIpc) is 2.83. The Balaban J connectivity index is 1.71. The number of amides is 2. The van der Waals surface area contributed by atoms with Crippen LogP contribution in [0.15, 0.2) is 29.2 Å². The van der Waals surface area contributed by atoms with E-state index in [2.05, 4.69) is 5.32 Å². The maximum absolute atomic E-state index is 14.1. The number of carbonyl (C=O) groups excluding carboxylic acids is 2. The van der Waals surface area contributed by atoms with Crippen molar-refractivity contribution in [3.63, 3.8) is 0 Å². The van der Waals surface area contributed by atoms with E-state index < -0.39 is 34.3 Å². The van der Waals surface area contributed by atoms with Crippen molar-refractivity contribution in [2.45, 2.75) is 58.7 Å². The van der Waals surface area contributed by atoms with Gasteiger partial charge < -0.3 is 15.3 Å². The minimum atomic E-state index is -0.932. The molecule has 0 saturated carbocycles. The molecule has 4 rings (SSSR count). The molecular formula is C23H27FN4O4. The van der Waals surface area contributed by atoms with Crippen molar-refractivity contribution in [1.82, 2.24) is 14.9 Å². The second kappa shape index (κ2) is 7.65. The summed E-state index contributed by atoms with van der Waals surface area (Å²) in [6, 6.07) is 4.66. The highest BCUT2D eigenvalue weighted by molar-refractivity contribution is 5.99. The van der Waals surface area contributed by atoms with Crippen LogP contribution in [0.5, 0.6) is 5.75 Å². The molecule has 1 aromatic heterocycles. The number of aromatic hydroxyl groups is 1. The average molecular weight is 442 g/mol. The molecule has 9 heteroatoms. The Hall–Kier alpha value is -3.36. The fourth-order valence-electron chi connectivity index (χ4n) is 4.29. The minimum Gasteiger partial charge on any atom is -0.502 e. The van der Waals surface area contributed by atoms with Gasteiger partial charge in [0.25, 0.3) is 11.8 Å². The fraction of sp³-hybridized carbons (Fsp3) is 0.435. The van der Waals surface area contributed by atoms with E-state index in [-0.39, 0.29) is 36.1 Å². The van der Waals surface area contributed by atoms with Gasteiger partial charge in [-0.1, -0.05) is 12.1 Å². The van der Waals surface area contributed by atoms with Gasteiger partial charge in [0.05, 0.1) is 0 Å². The molecular weight excluding hydrogens is 415 g/mol. The maximum atomic E-state index is 14.1. The molecule has 2 bridgehead atoms. The number of fused-ring (bicyclic) bond motifs is 4. The van der Waals surface area contributed by atoms with Crippen molar-refractivity contribution in [3.05, 3.63) is 62.8 Å². The lowest BCUT2D eigenvalue weighted by Gasteiger charge is -2.45. The smallest absolute Gasteiger partial charge is 0.278 e. The molecule has 0 unspecified atom stereocenters. The third-order valence-electron chi connectivity index (χ3n) is 6.48. The fourth-order valence-corrected chi connectivity index (χ4v) is 4.29. The third kappa shape index (κ3) is 3.51. The molecule has 1 aromatic carbocycles. The first-order chi connectivity index (χ1) is 15.0. The zero-order valence-corrected chi connectivity index (χ0v) is 18.6. The van der Waals surface area contributed by atoms with Gasteiger partial charge in [-0.2, -0.15) is 0 Å². The van der Waals surface area contributed by atoms with Gasteiger partial charge in [-0.05, 0) is 52.2 Å². The quantitative estimate of drug-likeness (QED) is 0.760. The zero-order chi connectivity index (χ0) is 23.4. The molecule has 1 fully saturated rings. The number of nitrogens with one attached hydrogen (secondary N) is 1. The molecule has 170 valence electrons. The van der Waals surface area contributed by atoms with E-state index in [1.807, 2.05) is 25.8 Å². The van der Waals surface area contributed by atoms with Crippen molar-refractivity contribution in [2.24, 2.45) is 0 Å². The molecule has 8 nitrogen and oxygen atoms in total. The van der Waals surface area contributed by atoms with Gasteiger partial charge in [-0.3, -0.25) is 24.1 Å². The van der Waals surface area contributed by atoms with Crippen molar-refractivity contribution in [2.75, 3.05) is 11.7 Å². The van der Waals surface area contributed by atoms with Crippen LogP contribution < -0.4 is 15.8 Å². The Labute approximate surface area is 185 Å². The van der Waals surface area contributed by atoms with Crippen molar-refractivity contribution in [1.29, 1.82) is 0 Å². The summed E-state index contributed by atoms with van der Waals surface area (Å²) in [6.45, 7) is 7.83. The number of aryl methyl sites for hydroxylation is 1. The summed E-state index contributed by atoms with van der Waals surface area (Å²) in [7, 11) is 0. The van der Waals surface area contributed by atoms with Gasteiger partial charge in [0.1, 0.15) is 18.0 Å². The molecule has 2 aliphatic heterocycles. The molecule has 3 heterocycles. The second-order valence-corrected chi connectivity index (χ2v) is 9.21. The molecule has 0 spiro atoms. The van der Waals surface area contributed by atoms with E-state index in [1.165, 1.54) is 16.9 Å². The van der Waals surface area contributed by atoms with E-state index in [9.17, 15) is 23.9 Å². The number of hydrogen-bond donors (Lipinski definition) is 2. The number of aromatic nitrogens is 1. The predicted octanol–water partition coefficient (Wildman–Crippen LogP) is 2.24. The summed E-state index contributed by atoms with van der Waals surface area (Å²) >= 11 is 0. The summed E-state index contributed by atoms with van der Waals surface area (Å²) in [4.78, 5) is 40.4. The lowest BCUT2D eigenvalue weighted by molar-refractivity contribution is 0.0478. The Morgan fingerprint density at radius 2 is 2.03 bits per heavy atom. The van der Waals surface area contributed by atoms with Crippen LogP contribution in [-0.4, -0.2) is 44.7 Å². The minimum absolute atomic E-state index is 0.00518. The first-order valence-corrected chi connectivity index (χ1v) is 10.6. The number of hydrogen-bond acceptors (Lipinski definition) is 5. The maximum Gasteiger partial charge on any atom is 0.278 e. The summed E-state index contributed by atoms with van der Waals surface area (Å²) in [5, 5.41) is 15.1. The number of pyridine rings is 1. The molecule has 1 saturated heterocycles. The van der Waals surface area contributed by atoms with Crippen LogP contribution in [0.4, 0.5) is 4.39 Å². The summed E-state index contributed by atoms with van der Waals surface area (Å²) in [6.07, 6.45) is 2.84. The third-order valence-corrected chi connectivity index (χ3v) is 6.48. The Morgan fingerprint density at radius 3 is 2.72 bits per heavy atom. The normalized spacial score (nSPS) is 19.4. The molecule has 1 atom stereocenters.